The molecule has 0 aromatic heterocycles. The molecule has 20 heavy (non-hydrogen) atoms. The monoisotopic (exact) mass is 412 g/mol. The van der Waals surface area contributed by atoms with E-state index in [4.69, 9.17) is 20.6 Å². The molecule has 2 atom stereocenters. The molecule has 0 amide bonds. The number of terminal acetylenes is 1. The minimum absolute atomic E-state index is 0.0248. The number of alkyl halides is 1. The van der Waals surface area contributed by atoms with Crippen LogP contribution in [0.3, 0.4) is 0 Å². The molecular formula is C12H13IO6S. The summed E-state index contributed by atoms with van der Waals surface area (Å²) in [5.41, 5.74) is 0. The molecular weight excluding hydrogens is 399 g/mol. The number of carbonyl (C=O) groups excluding carboxylic acids is 3. The Morgan fingerprint density at radius 2 is 1.90 bits per heavy atom. The van der Waals surface area contributed by atoms with Crippen molar-refractivity contribution in [1.82, 2.24) is 0 Å². The minimum atomic E-state index is -1.41. The molecule has 8 heteroatoms. The van der Waals surface area contributed by atoms with Gasteiger partial charge in [-0.2, -0.15) is 0 Å². The summed E-state index contributed by atoms with van der Waals surface area (Å²) >= 11 is 3.18. The van der Waals surface area contributed by atoms with Crippen LogP contribution in [0.2, 0.25) is 0 Å². The van der Waals surface area contributed by atoms with Crippen LogP contribution >= 0.6 is 34.4 Å². The summed E-state index contributed by atoms with van der Waals surface area (Å²) in [6.45, 7) is 0.0248. The van der Waals surface area contributed by atoms with Crippen molar-refractivity contribution in [2.75, 3.05) is 20.8 Å². The summed E-state index contributed by atoms with van der Waals surface area (Å²) in [5.74, 6) is -0.269. The van der Waals surface area contributed by atoms with Crippen LogP contribution in [0, 0.1) is 12.3 Å². The van der Waals surface area contributed by atoms with E-state index in [0.29, 0.717) is 0 Å². The lowest BCUT2D eigenvalue weighted by atomic mass is 10.0. The van der Waals surface area contributed by atoms with Crippen LogP contribution in [0.4, 0.5) is 0 Å². The van der Waals surface area contributed by atoms with Gasteiger partial charge in [0.25, 0.3) is 0 Å². The fourth-order valence-corrected chi connectivity index (χ4v) is 4.94. The van der Waals surface area contributed by atoms with Gasteiger partial charge in [-0.15, -0.1) is 18.2 Å². The summed E-state index contributed by atoms with van der Waals surface area (Å²) in [7, 11) is 2.42. The van der Waals surface area contributed by atoms with Crippen LogP contribution in [-0.4, -0.2) is 52.7 Å². The van der Waals surface area contributed by atoms with E-state index in [-0.39, 0.29) is 22.2 Å². The van der Waals surface area contributed by atoms with Gasteiger partial charge in [0, 0.05) is 9.85 Å². The molecule has 1 rings (SSSR count). The van der Waals surface area contributed by atoms with Gasteiger partial charge in [-0.25, -0.2) is 14.4 Å². The Hall–Kier alpha value is -0.950. The Morgan fingerprint density at radius 1 is 1.35 bits per heavy atom. The Kier molecular flexibility index (Phi) is 6.13. The largest absolute Gasteiger partial charge is 0.468 e. The van der Waals surface area contributed by atoms with Crippen LogP contribution in [0.5, 0.6) is 0 Å². The molecule has 1 saturated heterocycles. The van der Waals surface area contributed by atoms with Crippen LogP contribution < -0.4 is 0 Å². The van der Waals surface area contributed by atoms with E-state index in [1.165, 1.54) is 14.2 Å². The van der Waals surface area contributed by atoms with E-state index >= 15 is 0 Å². The number of ether oxygens (including phenoxy) is 3. The molecule has 0 unspecified atom stereocenters. The summed E-state index contributed by atoms with van der Waals surface area (Å²) < 4.78 is 12.8. The van der Waals surface area contributed by atoms with Gasteiger partial charge in [0.15, 0.2) is 0 Å². The van der Waals surface area contributed by atoms with Crippen molar-refractivity contribution in [3.05, 3.63) is 0 Å². The fourth-order valence-electron chi connectivity index (χ4n) is 1.80. The summed E-state index contributed by atoms with van der Waals surface area (Å²) in [6, 6.07) is 0. The molecule has 1 heterocycles. The Bertz CT molecular complexity index is 441. The highest BCUT2D eigenvalue weighted by Gasteiger charge is 2.58. The lowest BCUT2D eigenvalue weighted by Crippen LogP contribution is -2.43. The average molecular weight is 412 g/mol. The average Bonchev–Trinajstić information content (AvgIpc) is 2.81. The molecule has 0 N–H and O–H groups in total. The number of hydrogen-bond acceptors (Lipinski definition) is 7. The highest BCUT2D eigenvalue weighted by Crippen LogP contribution is 2.48. The smallest absolute Gasteiger partial charge is 0.384 e. The van der Waals surface area contributed by atoms with Crippen molar-refractivity contribution in [3.8, 4) is 12.3 Å². The van der Waals surface area contributed by atoms with Gasteiger partial charge in [0.2, 0.25) is 4.75 Å². The van der Waals surface area contributed by atoms with Gasteiger partial charge in [0.1, 0.15) is 6.61 Å². The quantitative estimate of drug-likeness (QED) is 0.127. The first-order valence-corrected chi connectivity index (χ1v) is 7.66. The van der Waals surface area contributed by atoms with Crippen molar-refractivity contribution in [1.29, 1.82) is 0 Å². The zero-order chi connectivity index (χ0) is 15.3. The lowest BCUT2D eigenvalue weighted by molar-refractivity contribution is -0.155. The van der Waals surface area contributed by atoms with E-state index in [1.54, 1.807) is 0 Å². The molecule has 1 aliphatic heterocycles. The van der Waals surface area contributed by atoms with Crippen molar-refractivity contribution >= 4 is 52.3 Å². The van der Waals surface area contributed by atoms with Crippen molar-refractivity contribution in [2.24, 2.45) is 0 Å². The van der Waals surface area contributed by atoms with Crippen molar-refractivity contribution in [3.63, 3.8) is 0 Å². The minimum Gasteiger partial charge on any atom is -0.468 e. The number of hydrogen-bond donors (Lipinski definition) is 0. The maximum Gasteiger partial charge on any atom is 0.384 e. The maximum atomic E-state index is 11.9. The second-order valence-electron chi connectivity index (χ2n) is 3.93. The van der Waals surface area contributed by atoms with E-state index in [1.807, 2.05) is 5.92 Å². The summed E-state index contributed by atoms with van der Waals surface area (Å²) in [6.07, 6.45) is 5.15. The van der Waals surface area contributed by atoms with Crippen molar-refractivity contribution < 1.29 is 28.6 Å². The molecule has 6 nitrogen and oxygen atoms in total. The first-order chi connectivity index (χ1) is 9.41. The zero-order valence-corrected chi connectivity index (χ0v) is 13.9. The second-order valence-corrected chi connectivity index (χ2v) is 7.07. The molecule has 110 valence electrons. The van der Waals surface area contributed by atoms with Gasteiger partial charge >= 0.3 is 17.9 Å². The molecule has 0 radical (unpaired) electrons. The highest BCUT2D eigenvalue weighted by atomic mass is 127. The van der Waals surface area contributed by atoms with Crippen molar-refractivity contribution in [2.45, 2.75) is 20.3 Å². The topological polar surface area (TPSA) is 78.9 Å². The molecule has 1 fully saturated rings. The Balaban J connectivity index is 2.87. The molecule has 0 bridgehead atoms. The summed E-state index contributed by atoms with van der Waals surface area (Å²) in [4.78, 5) is 34.8. The highest BCUT2D eigenvalue weighted by molar-refractivity contribution is 14.1. The predicted octanol–water partition coefficient (Wildman–Crippen LogP) is 0.557. The lowest BCUT2D eigenvalue weighted by Gasteiger charge is -2.22. The predicted molar refractivity (Wildman–Crippen MR) is 80.4 cm³/mol. The molecule has 0 aliphatic carbocycles. The molecule has 0 spiro atoms. The van der Waals surface area contributed by atoms with Crippen LogP contribution in [0.15, 0.2) is 0 Å². The number of rotatable bonds is 4. The van der Waals surface area contributed by atoms with Gasteiger partial charge in [0.05, 0.1) is 19.5 Å². The van der Waals surface area contributed by atoms with E-state index < -0.39 is 22.7 Å². The van der Waals surface area contributed by atoms with E-state index in [9.17, 15) is 14.4 Å². The third kappa shape index (κ3) is 3.38. The SMILES string of the molecule is C#CC(=O)OC[C@@H]1SC(C(=O)OC)(C(=O)OC)C[C@@H]1I. The number of carbonyl (C=O) groups is 3. The van der Waals surface area contributed by atoms with Gasteiger partial charge in [-0.05, 0) is 6.42 Å². The number of thioether (sulfide) groups is 1. The third-order valence-corrected chi connectivity index (χ3v) is 6.23. The van der Waals surface area contributed by atoms with E-state index in [2.05, 4.69) is 22.6 Å². The van der Waals surface area contributed by atoms with Crippen LogP contribution in [0.25, 0.3) is 0 Å². The third-order valence-electron chi connectivity index (χ3n) is 2.77. The van der Waals surface area contributed by atoms with Gasteiger partial charge in [-0.1, -0.05) is 22.6 Å². The molecule has 0 aromatic carbocycles. The molecule has 1 aliphatic rings. The van der Waals surface area contributed by atoms with Gasteiger partial charge in [-0.3, -0.25) is 0 Å². The number of esters is 3. The molecule has 0 saturated carbocycles. The summed E-state index contributed by atoms with van der Waals surface area (Å²) in [5, 5.41) is -0.244. The van der Waals surface area contributed by atoms with E-state index in [0.717, 1.165) is 11.8 Å². The Morgan fingerprint density at radius 3 is 2.35 bits per heavy atom. The number of methoxy groups -OCH3 is 2. The van der Waals surface area contributed by atoms with Gasteiger partial charge < -0.3 is 14.2 Å². The first-order valence-electron chi connectivity index (χ1n) is 5.53. The first kappa shape index (κ1) is 17.1. The fraction of sp³-hybridized carbons (Fsp3) is 0.583. The maximum absolute atomic E-state index is 11.9. The number of halogens is 1. The normalized spacial score (nSPS) is 23.5. The zero-order valence-electron chi connectivity index (χ0n) is 10.9. The van der Waals surface area contributed by atoms with Crippen LogP contribution in [-0.2, 0) is 28.6 Å². The molecule has 0 aromatic rings. The standard InChI is InChI=1S/C12H13IO6S/c1-4-9(14)19-6-8-7(13)5-12(20-8,10(15)17-2)11(16)18-3/h1,7-8H,5-6H2,2-3H3/t7-,8-/m0/s1. The van der Waals surface area contributed by atoms with Crippen LogP contribution in [0.1, 0.15) is 6.42 Å². The Labute approximate surface area is 134 Å². The second kappa shape index (κ2) is 7.17.